The fourth-order valence-corrected chi connectivity index (χ4v) is 3.00. The van der Waals surface area contributed by atoms with E-state index in [0.717, 1.165) is 42.9 Å². The molecule has 1 aromatic carbocycles. The smallest absolute Gasteiger partial charge is 0.163 e. The number of aromatic nitrogens is 2. The van der Waals surface area contributed by atoms with Crippen molar-refractivity contribution >= 4 is 22.6 Å². The molecular weight excluding hydrogens is 292 g/mol. The summed E-state index contributed by atoms with van der Waals surface area (Å²) in [4.78, 5) is 4.60. The molecule has 3 rings (SSSR count). The first-order valence-electron chi connectivity index (χ1n) is 7.05. The molecular formula is C15H19ClN2O3. The average Bonchev–Trinajstić information content (AvgIpc) is 3.14. The maximum absolute atomic E-state index is 6.05. The van der Waals surface area contributed by atoms with Crippen molar-refractivity contribution in [2.45, 2.75) is 31.4 Å². The number of rotatable bonds is 5. The second-order valence-electron chi connectivity index (χ2n) is 5.10. The first-order chi connectivity index (χ1) is 10.3. The lowest BCUT2D eigenvalue weighted by atomic mass is 10.2. The van der Waals surface area contributed by atoms with Crippen LogP contribution in [0.15, 0.2) is 12.1 Å². The molecule has 1 aromatic heterocycles. The van der Waals surface area contributed by atoms with Crippen LogP contribution in [-0.4, -0.2) is 36.5 Å². The zero-order valence-electron chi connectivity index (χ0n) is 12.3. The Morgan fingerprint density at radius 3 is 2.71 bits per heavy atom. The third-order valence-corrected chi connectivity index (χ3v) is 4.10. The topological polar surface area (TPSA) is 45.5 Å². The molecule has 5 nitrogen and oxygen atoms in total. The second kappa shape index (κ2) is 6.12. The molecule has 0 saturated carbocycles. The Morgan fingerprint density at radius 1 is 1.33 bits per heavy atom. The highest BCUT2D eigenvalue weighted by Gasteiger charge is 2.20. The Kier molecular flexibility index (Phi) is 4.22. The van der Waals surface area contributed by atoms with Crippen molar-refractivity contribution in [1.29, 1.82) is 0 Å². The van der Waals surface area contributed by atoms with Crippen molar-refractivity contribution in [3.05, 3.63) is 18.0 Å². The van der Waals surface area contributed by atoms with Crippen molar-refractivity contribution in [3.63, 3.8) is 0 Å². The van der Waals surface area contributed by atoms with Crippen molar-refractivity contribution in [2.24, 2.45) is 0 Å². The molecule has 1 atom stereocenters. The summed E-state index contributed by atoms with van der Waals surface area (Å²) in [6.07, 6.45) is 2.43. The minimum absolute atomic E-state index is 0.234. The van der Waals surface area contributed by atoms with E-state index in [2.05, 4.69) is 9.55 Å². The fraction of sp³-hybridized carbons (Fsp3) is 0.533. The molecule has 0 bridgehead atoms. The highest BCUT2D eigenvalue weighted by atomic mass is 35.5. The summed E-state index contributed by atoms with van der Waals surface area (Å²) in [5.41, 5.74) is 1.86. The molecule has 0 radical (unpaired) electrons. The third kappa shape index (κ3) is 2.68. The molecule has 6 heteroatoms. The Hall–Kier alpha value is -1.46. The van der Waals surface area contributed by atoms with E-state index in [4.69, 9.17) is 25.8 Å². The van der Waals surface area contributed by atoms with Gasteiger partial charge in [-0.15, -0.1) is 11.6 Å². The van der Waals surface area contributed by atoms with Crippen LogP contribution in [-0.2, 0) is 17.2 Å². The Balaban J connectivity index is 2.07. The van der Waals surface area contributed by atoms with Crippen LogP contribution < -0.4 is 9.47 Å². The van der Waals surface area contributed by atoms with Gasteiger partial charge in [0.25, 0.3) is 0 Å². The molecule has 114 valence electrons. The number of hydrogen-bond donors (Lipinski definition) is 0. The van der Waals surface area contributed by atoms with Gasteiger partial charge >= 0.3 is 0 Å². The summed E-state index contributed by atoms with van der Waals surface area (Å²) in [5, 5.41) is 0. The van der Waals surface area contributed by atoms with Gasteiger partial charge in [-0.3, -0.25) is 0 Å². The van der Waals surface area contributed by atoms with Crippen molar-refractivity contribution in [3.8, 4) is 11.5 Å². The third-order valence-electron chi connectivity index (χ3n) is 3.86. The van der Waals surface area contributed by atoms with Gasteiger partial charge in [0.1, 0.15) is 5.82 Å². The number of imidazole rings is 1. The summed E-state index contributed by atoms with van der Waals surface area (Å²) in [7, 11) is 3.25. The minimum Gasteiger partial charge on any atom is -0.493 e. The highest BCUT2D eigenvalue weighted by molar-refractivity contribution is 6.16. The van der Waals surface area contributed by atoms with Crippen molar-refractivity contribution in [1.82, 2.24) is 9.55 Å². The first kappa shape index (κ1) is 14.5. The van der Waals surface area contributed by atoms with E-state index in [1.165, 1.54) is 0 Å². The summed E-state index contributed by atoms with van der Waals surface area (Å²) in [5.74, 6) is 2.58. The lowest BCUT2D eigenvalue weighted by Gasteiger charge is -2.14. The van der Waals surface area contributed by atoms with E-state index < -0.39 is 0 Å². The van der Waals surface area contributed by atoms with Crippen molar-refractivity contribution < 1.29 is 14.2 Å². The van der Waals surface area contributed by atoms with E-state index >= 15 is 0 Å². The zero-order chi connectivity index (χ0) is 14.8. The summed E-state index contributed by atoms with van der Waals surface area (Å²) >= 11 is 6.05. The fourth-order valence-electron chi connectivity index (χ4n) is 2.80. The largest absolute Gasteiger partial charge is 0.493 e. The molecule has 0 N–H and O–H groups in total. The SMILES string of the molecule is COc1cc2nc(CCl)n(CC3CCCO3)c2cc1OC. The zero-order valence-corrected chi connectivity index (χ0v) is 13.0. The van der Waals surface area contributed by atoms with Gasteiger partial charge in [-0.2, -0.15) is 0 Å². The van der Waals surface area contributed by atoms with E-state index in [0.29, 0.717) is 17.4 Å². The number of fused-ring (bicyclic) bond motifs is 1. The van der Waals surface area contributed by atoms with Crippen molar-refractivity contribution in [2.75, 3.05) is 20.8 Å². The van der Waals surface area contributed by atoms with Gasteiger partial charge in [0.05, 0.1) is 43.8 Å². The van der Waals surface area contributed by atoms with Crippen LogP contribution >= 0.6 is 11.6 Å². The standard InChI is InChI=1S/C15H19ClN2O3/c1-19-13-6-11-12(7-14(13)20-2)18(15(8-16)17-11)9-10-4-3-5-21-10/h6-7,10H,3-5,8-9H2,1-2H3. The summed E-state index contributed by atoms with van der Waals surface area (Å²) in [6, 6.07) is 3.84. The molecule has 1 aliphatic heterocycles. The van der Waals surface area contributed by atoms with Gasteiger partial charge in [-0.05, 0) is 12.8 Å². The van der Waals surface area contributed by atoms with E-state index in [1.807, 2.05) is 12.1 Å². The molecule has 2 heterocycles. The van der Waals surface area contributed by atoms with Crippen LogP contribution in [0.25, 0.3) is 11.0 Å². The Labute approximate surface area is 128 Å². The number of halogens is 1. The molecule has 21 heavy (non-hydrogen) atoms. The van der Waals surface area contributed by atoms with Gasteiger partial charge in [-0.1, -0.05) is 0 Å². The molecule has 2 aromatic rings. The predicted molar refractivity (Wildman–Crippen MR) is 81.4 cm³/mol. The summed E-state index contributed by atoms with van der Waals surface area (Å²) < 4.78 is 18.6. The molecule has 0 aliphatic carbocycles. The van der Waals surface area contributed by atoms with E-state index in [1.54, 1.807) is 14.2 Å². The number of benzene rings is 1. The van der Waals surface area contributed by atoms with Gasteiger partial charge in [0.15, 0.2) is 11.5 Å². The predicted octanol–water partition coefficient (Wildman–Crippen LogP) is 2.97. The number of alkyl halides is 1. The Bertz CT molecular complexity index is 635. The average molecular weight is 311 g/mol. The number of hydrogen-bond acceptors (Lipinski definition) is 4. The van der Waals surface area contributed by atoms with E-state index in [-0.39, 0.29) is 6.10 Å². The number of ether oxygens (including phenoxy) is 3. The quantitative estimate of drug-likeness (QED) is 0.797. The number of methoxy groups -OCH3 is 2. The van der Waals surface area contributed by atoms with Gasteiger partial charge in [0, 0.05) is 18.7 Å². The normalized spacial score (nSPS) is 18.3. The van der Waals surface area contributed by atoms with Gasteiger partial charge in [-0.25, -0.2) is 4.98 Å². The Morgan fingerprint density at radius 2 is 2.10 bits per heavy atom. The van der Waals surface area contributed by atoms with E-state index in [9.17, 15) is 0 Å². The molecule has 1 fully saturated rings. The van der Waals surface area contributed by atoms with Crippen LogP contribution in [0.5, 0.6) is 11.5 Å². The first-order valence-corrected chi connectivity index (χ1v) is 7.59. The molecule has 1 aliphatic rings. The van der Waals surface area contributed by atoms with Gasteiger partial charge < -0.3 is 18.8 Å². The molecule has 0 amide bonds. The lowest BCUT2D eigenvalue weighted by molar-refractivity contribution is 0.0973. The molecule has 1 saturated heterocycles. The maximum Gasteiger partial charge on any atom is 0.163 e. The second-order valence-corrected chi connectivity index (χ2v) is 5.37. The summed E-state index contributed by atoms with van der Waals surface area (Å²) in [6.45, 7) is 1.61. The van der Waals surface area contributed by atoms with Crippen LogP contribution in [0.4, 0.5) is 0 Å². The minimum atomic E-state index is 0.234. The van der Waals surface area contributed by atoms with Gasteiger partial charge in [0.2, 0.25) is 0 Å². The van der Waals surface area contributed by atoms with Crippen LogP contribution in [0, 0.1) is 0 Å². The molecule has 0 spiro atoms. The van der Waals surface area contributed by atoms with Crippen LogP contribution in [0.2, 0.25) is 0 Å². The highest BCUT2D eigenvalue weighted by Crippen LogP contribution is 2.33. The maximum atomic E-state index is 6.05. The number of nitrogens with zero attached hydrogens (tertiary/aromatic N) is 2. The monoisotopic (exact) mass is 310 g/mol. The van der Waals surface area contributed by atoms with Crippen LogP contribution in [0.3, 0.4) is 0 Å². The molecule has 1 unspecified atom stereocenters. The lowest BCUT2D eigenvalue weighted by Crippen LogP contribution is -2.16. The van der Waals surface area contributed by atoms with Crippen LogP contribution in [0.1, 0.15) is 18.7 Å².